The molecule has 0 aliphatic rings. The zero-order chi connectivity index (χ0) is 11.8. The fraction of sp³-hybridized carbons (Fsp3) is 0.583. The van der Waals surface area contributed by atoms with Gasteiger partial charge in [-0.15, -0.1) is 17.9 Å². The number of aryl methyl sites for hydroxylation is 1. The third-order valence-electron chi connectivity index (χ3n) is 2.24. The Morgan fingerprint density at radius 3 is 3.06 bits per heavy atom. The van der Waals surface area contributed by atoms with Crippen LogP contribution >= 0.6 is 11.3 Å². The van der Waals surface area contributed by atoms with E-state index in [9.17, 15) is 0 Å². The van der Waals surface area contributed by atoms with E-state index in [0.29, 0.717) is 6.04 Å². The molecular formula is C12H20N2OS. The van der Waals surface area contributed by atoms with E-state index in [1.807, 2.05) is 13.0 Å². The maximum absolute atomic E-state index is 5.41. The van der Waals surface area contributed by atoms with E-state index in [0.717, 1.165) is 36.9 Å². The van der Waals surface area contributed by atoms with Gasteiger partial charge in [-0.3, -0.25) is 0 Å². The van der Waals surface area contributed by atoms with Crippen LogP contribution in [0, 0.1) is 6.92 Å². The topological polar surface area (TPSA) is 34.1 Å². The van der Waals surface area contributed by atoms with Gasteiger partial charge >= 0.3 is 0 Å². The van der Waals surface area contributed by atoms with Gasteiger partial charge in [0.25, 0.3) is 0 Å². The molecule has 1 heterocycles. The molecule has 0 amide bonds. The molecule has 0 saturated heterocycles. The lowest BCUT2D eigenvalue weighted by molar-refractivity contribution is 0.138. The molecule has 16 heavy (non-hydrogen) atoms. The zero-order valence-electron chi connectivity index (χ0n) is 10.0. The van der Waals surface area contributed by atoms with E-state index >= 15 is 0 Å². The summed E-state index contributed by atoms with van der Waals surface area (Å²) in [5, 5.41) is 6.60. The van der Waals surface area contributed by atoms with Crippen molar-refractivity contribution in [1.29, 1.82) is 0 Å². The number of aromatic nitrogens is 1. The van der Waals surface area contributed by atoms with Gasteiger partial charge in [0.2, 0.25) is 0 Å². The van der Waals surface area contributed by atoms with Crippen molar-refractivity contribution in [2.24, 2.45) is 0 Å². The predicted octanol–water partition coefficient (Wildman–Crippen LogP) is 2.69. The lowest BCUT2D eigenvalue weighted by atomic mass is 10.2. The summed E-state index contributed by atoms with van der Waals surface area (Å²) < 4.78 is 5.41. The maximum Gasteiger partial charge on any atom is 0.0898 e. The van der Waals surface area contributed by atoms with Crippen molar-refractivity contribution in [2.75, 3.05) is 19.8 Å². The van der Waals surface area contributed by atoms with Crippen LogP contribution in [0.5, 0.6) is 0 Å². The molecule has 3 nitrogen and oxygen atoms in total. The number of thiazole rings is 1. The van der Waals surface area contributed by atoms with Crippen LogP contribution in [0.15, 0.2) is 18.0 Å². The molecule has 0 bridgehead atoms. The minimum atomic E-state index is 0.299. The summed E-state index contributed by atoms with van der Waals surface area (Å²) in [5.74, 6) is 0. The van der Waals surface area contributed by atoms with Crippen LogP contribution in [-0.4, -0.2) is 24.7 Å². The molecule has 0 spiro atoms. The SMILES string of the molecule is C=CCCOCCNC(C)c1csc(C)n1. The molecule has 1 aromatic rings. The van der Waals surface area contributed by atoms with Crippen LogP contribution in [0.25, 0.3) is 0 Å². The van der Waals surface area contributed by atoms with E-state index in [1.165, 1.54) is 0 Å². The Morgan fingerprint density at radius 1 is 1.62 bits per heavy atom. The van der Waals surface area contributed by atoms with Crippen molar-refractivity contribution in [1.82, 2.24) is 10.3 Å². The first kappa shape index (κ1) is 13.4. The standard InChI is InChI=1S/C12H20N2OS/c1-4-5-7-15-8-6-13-10(2)12-9-16-11(3)14-12/h4,9-10,13H,1,5-8H2,2-3H3. The van der Waals surface area contributed by atoms with Crippen LogP contribution < -0.4 is 5.32 Å². The average molecular weight is 240 g/mol. The number of nitrogens with zero attached hydrogens (tertiary/aromatic N) is 1. The van der Waals surface area contributed by atoms with Crippen molar-refractivity contribution in [3.05, 3.63) is 28.7 Å². The summed E-state index contributed by atoms with van der Waals surface area (Å²) in [7, 11) is 0. The fourth-order valence-electron chi connectivity index (χ4n) is 1.30. The first-order chi connectivity index (χ1) is 7.74. The highest BCUT2D eigenvalue weighted by molar-refractivity contribution is 7.09. The summed E-state index contributed by atoms with van der Waals surface area (Å²) >= 11 is 1.69. The van der Waals surface area contributed by atoms with Crippen LogP contribution in [-0.2, 0) is 4.74 Å². The van der Waals surface area contributed by atoms with Gasteiger partial charge < -0.3 is 10.1 Å². The Kier molecular flexibility index (Phi) is 6.30. The normalized spacial score (nSPS) is 12.6. The van der Waals surface area contributed by atoms with Crippen molar-refractivity contribution in [3.8, 4) is 0 Å². The van der Waals surface area contributed by atoms with Crippen molar-refractivity contribution >= 4 is 11.3 Å². The van der Waals surface area contributed by atoms with E-state index in [-0.39, 0.29) is 0 Å². The van der Waals surface area contributed by atoms with Gasteiger partial charge in [0.15, 0.2) is 0 Å². The lowest BCUT2D eigenvalue weighted by Gasteiger charge is -2.11. The smallest absolute Gasteiger partial charge is 0.0898 e. The third kappa shape index (κ3) is 4.88. The van der Waals surface area contributed by atoms with Crippen molar-refractivity contribution in [2.45, 2.75) is 26.3 Å². The van der Waals surface area contributed by atoms with E-state index in [1.54, 1.807) is 11.3 Å². The van der Waals surface area contributed by atoms with Gasteiger partial charge in [-0.1, -0.05) is 6.08 Å². The van der Waals surface area contributed by atoms with E-state index in [2.05, 4.69) is 29.2 Å². The minimum absolute atomic E-state index is 0.299. The Labute approximate surface area is 102 Å². The Balaban J connectivity index is 2.11. The highest BCUT2D eigenvalue weighted by atomic mass is 32.1. The first-order valence-electron chi connectivity index (χ1n) is 5.58. The molecule has 0 fully saturated rings. The molecule has 1 atom stereocenters. The molecule has 0 saturated carbocycles. The summed E-state index contributed by atoms with van der Waals surface area (Å²) in [6, 6.07) is 0.299. The van der Waals surface area contributed by atoms with Crippen LogP contribution in [0.1, 0.15) is 30.1 Å². The Hall–Kier alpha value is -0.710. The average Bonchev–Trinajstić information content (AvgIpc) is 2.70. The molecule has 0 aliphatic carbocycles. The van der Waals surface area contributed by atoms with Gasteiger partial charge in [-0.05, 0) is 20.3 Å². The number of ether oxygens (including phenoxy) is 1. The Bertz CT molecular complexity index is 312. The highest BCUT2D eigenvalue weighted by Crippen LogP contribution is 2.15. The van der Waals surface area contributed by atoms with Crippen molar-refractivity contribution < 1.29 is 4.74 Å². The lowest BCUT2D eigenvalue weighted by Crippen LogP contribution is -2.23. The number of nitrogens with one attached hydrogen (secondary N) is 1. The Morgan fingerprint density at radius 2 is 2.44 bits per heavy atom. The molecule has 0 aromatic carbocycles. The quantitative estimate of drug-likeness (QED) is 0.560. The number of hydrogen-bond acceptors (Lipinski definition) is 4. The van der Waals surface area contributed by atoms with Gasteiger partial charge in [0.1, 0.15) is 0 Å². The molecule has 1 aromatic heterocycles. The van der Waals surface area contributed by atoms with Crippen LogP contribution in [0.3, 0.4) is 0 Å². The highest BCUT2D eigenvalue weighted by Gasteiger charge is 2.07. The summed E-state index contributed by atoms with van der Waals surface area (Å²) in [4.78, 5) is 4.44. The molecule has 1 rings (SSSR count). The second-order valence-electron chi connectivity index (χ2n) is 3.66. The van der Waals surface area contributed by atoms with Crippen molar-refractivity contribution in [3.63, 3.8) is 0 Å². The minimum Gasteiger partial charge on any atom is -0.380 e. The van der Waals surface area contributed by atoms with Crippen LogP contribution in [0.2, 0.25) is 0 Å². The van der Waals surface area contributed by atoms with Gasteiger partial charge in [-0.2, -0.15) is 0 Å². The molecular weight excluding hydrogens is 220 g/mol. The third-order valence-corrected chi connectivity index (χ3v) is 3.04. The first-order valence-corrected chi connectivity index (χ1v) is 6.46. The van der Waals surface area contributed by atoms with E-state index < -0.39 is 0 Å². The second-order valence-corrected chi connectivity index (χ2v) is 4.72. The maximum atomic E-state index is 5.41. The number of hydrogen-bond donors (Lipinski definition) is 1. The monoisotopic (exact) mass is 240 g/mol. The number of rotatable bonds is 8. The molecule has 4 heteroatoms. The summed E-state index contributed by atoms with van der Waals surface area (Å²) in [6.45, 7) is 10.1. The van der Waals surface area contributed by atoms with Gasteiger partial charge in [0.05, 0.1) is 23.9 Å². The predicted molar refractivity (Wildman–Crippen MR) is 68.9 cm³/mol. The zero-order valence-corrected chi connectivity index (χ0v) is 10.8. The molecule has 1 unspecified atom stereocenters. The largest absolute Gasteiger partial charge is 0.380 e. The summed E-state index contributed by atoms with van der Waals surface area (Å²) in [6.07, 6.45) is 2.79. The second kappa shape index (κ2) is 7.54. The van der Waals surface area contributed by atoms with Gasteiger partial charge in [-0.25, -0.2) is 4.98 Å². The summed E-state index contributed by atoms with van der Waals surface area (Å²) in [5.41, 5.74) is 1.12. The molecule has 0 aliphatic heterocycles. The molecule has 90 valence electrons. The van der Waals surface area contributed by atoms with E-state index in [4.69, 9.17) is 4.74 Å². The van der Waals surface area contributed by atoms with Gasteiger partial charge in [0, 0.05) is 18.0 Å². The fourth-order valence-corrected chi connectivity index (χ4v) is 2.01. The van der Waals surface area contributed by atoms with Crippen LogP contribution in [0.4, 0.5) is 0 Å². The molecule has 1 N–H and O–H groups in total. The molecule has 0 radical (unpaired) electrons.